The van der Waals surface area contributed by atoms with E-state index in [1.165, 1.54) is 4.90 Å². The molecule has 0 heterocycles. The third-order valence-electron chi connectivity index (χ3n) is 3.37. The molecule has 2 N–H and O–H groups in total. The van der Waals surface area contributed by atoms with Crippen molar-refractivity contribution in [2.45, 2.75) is 44.9 Å². The lowest BCUT2D eigenvalue weighted by Gasteiger charge is -2.39. The van der Waals surface area contributed by atoms with Gasteiger partial charge in [-0.25, -0.2) is 4.79 Å². The van der Waals surface area contributed by atoms with Crippen molar-refractivity contribution in [3.8, 4) is 0 Å². The van der Waals surface area contributed by atoms with E-state index in [0.717, 1.165) is 11.1 Å². The van der Waals surface area contributed by atoms with Gasteiger partial charge in [-0.1, -0.05) is 24.3 Å². The SMILES string of the molecule is CC(C)(C)N(C(=O)O)[C@H]1c2ccccc2C[C@@H]1O. The highest BCUT2D eigenvalue weighted by atomic mass is 16.4. The number of carbonyl (C=O) groups is 1. The Kier molecular flexibility index (Phi) is 3.07. The number of hydrogen-bond donors (Lipinski definition) is 2. The first-order valence-electron chi connectivity index (χ1n) is 6.10. The van der Waals surface area contributed by atoms with Gasteiger partial charge in [-0.2, -0.15) is 0 Å². The van der Waals surface area contributed by atoms with Crippen LogP contribution >= 0.6 is 0 Å². The molecule has 4 nitrogen and oxygen atoms in total. The second-order valence-corrected chi connectivity index (χ2v) is 5.74. The smallest absolute Gasteiger partial charge is 0.408 e. The minimum absolute atomic E-state index is 0.473. The summed E-state index contributed by atoms with van der Waals surface area (Å²) < 4.78 is 0. The van der Waals surface area contributed by atoms with E-state index >= 15 is 0 Å². The van der Waals surface area contributed by atoms with Gasteiger partial charge in [0.05, 0.1) is 12.1 Å². The molecule has 0 bridgehead atoms. The van der Waals surface area contributed by atoms with Gasteiger partial charge in [0.25, 0.3) is 0 Å². The average Bonchev–Trinajstić information content (AvgIpc) is 2.54. The number of aliphatic hydroxyl groups excluding tert-OH is 1. The normalized spacial score (nSPS) is 22.7. The minimum Gasteiger partial charge on any atom is -0.465 e. The number of amides is 1. The molecule has 1 aromatic rings. The van der Waals surface area contributed by atoms with E-state index in [0.29, 0.717) is 6.42 Å². The van der Waals surface area contributed by atoms with Gasteiger partial charge in [-0.15, -0.1) is 0 Å². The Morgan fingerprint density at radius 1 is 1.33 bits per heavy atom. The van der Waals surface area contributed by atoms with Gasteiger partial charge < -0.3 is 10.2 Å². The lowest BCUT2D eigenvalue weighted by atomic mass is 9.99. The molecule has 1 aromatic carbocycles. The van der Waals surface area contributed by atoms with Crippen LogP contribution in [0.4, 0.5) is 4.79 Å². The van der Waals surface area contributed by atoms with Crippen LogP contribution in [-0.2, 0) is 6.42 Å². The highest BCUT2D eigenvalue weighted by Gasteiger charge is 2.42. The second kappa shape index (κ2) is 4.28. The fourth-order valence-electron chi connectivity index (χ4n) is 2.69. The van der Waals surface area contributed by atoms with Gasteiger partial charge in [-0.3, -0.25) is 4.90 Å². The molecule has 1 aliphatic rings. The zero-order chi connectivity index (χ0) is 13.5. The van der Waals surface area contributed by atoms with Gasteiger partial charge >= 0.3 is 6.09 Å². The van der Waals surface area contributed by atoms with Crippen LogP contribution in [0.2, 0.25) is 0 Å². The van der Waals surface area contributed by atoms with Crippen molar-refractivity contribution < 1.29 is 15.0 Å². The molecule has 0 aromatic heterocycles. The summed E-state index contributed by atoms with van der Waals surface area (Å²) in [6, 6.07) is 7.17. The zero-order valence-electron chi connectivity index (χ0n) is 10.9. The van der Waals surface area contributed by atoms with Crippen LogP contribution in [0.3, 0.4) is 0 Å². The maximum atomic E-state index is 11.5. The fourth-order valence-corrected chi connectivity index (χ4v) is 2.69. The Morgan fingerprint density at radius 3 is 2.50 bits per heavy atom. The van der Waals surface area contributed by atoms with Crippen LogP contribution in [0, 0.1) is 0 Å². The van der Waals surface area contributed by atoms with E-state index in [2.05, 4.69) is 0 Å². The molecule has 0 radical (unpaired) electrons. The molecule has 2 atom stereocenters. The lowest BCUT2D eigenvalue weighted by molar-refractivity contribution is 0.0149. The summed E-state index contributed by atoms with van der Waals surface area (Å²) in [6.07, 6.45) is -1.15. The van der Waals surface area contributed by atoms with Crippen LogP contribution in [0.15, 0.2) is 24.3 Å². The second-order valence-electron chi connectivity index (χ2n) is 5.74. The molecule has 4 heteroatoms. The molecule has 18 heavy (non-hydrogen) atoms. The molecular weight excluding hydrogens is 230 g/mol. The van der Waals surface area contributed by atoms with E-state index in [1.807, 2.05) is 45.0 Å². The van der Waals surface area contributed by atoms with Crippen molar-refractivity contribution in [2.75, 3.05) is 0 Å². The molecular formula is C14H19NO3. The summed E-state index contributed by atoms with van der Waals surface area (Å²) in [5, 5.41) is 19.6. The Labute approximate surface area is 107 Å². The van der Waals surface area contributed by atoms with Crippen LogP contribution in [0.1, 0.15) is 37.9 Å². The Hall–Kier alpha value is -1.55. The molecule has 1 amide bonds. The zero-order valence-corrected chi connectivity index (χ0v) is 10.9. The number of rotatable bonds is 1. The minimum atomic E-state index is -0.997. The van der Waals surface area contributed by atoms with Gasteiger partial charge in [0, 0.05) is 12.0 Å². The number of hydrogen-bond acceptors (Lipinski definition) is 2. The third-order valence-corrected chi connectivity index (χ3v) is 3.37. The third kappa shape index (κ3) is 2.08. The first kappa shape index (κ1) is 12.9. The number of aliphatic hydroxyl groups is 1. The Morgan fingerprint density at radius 2 is 1.94 bits per heavy atom. The molecule has 0 aliphatic heterocycles. The number of fused-ring (bicyclic) bond motifs is 1. The quantitative estimate of drug-likeness (QED) is 0.803. The topological polar surface area (TPSA) is 60.8 Å². The number of nitrogens with zero attached hydrogens (tertiary/aromatic N) is 1. The summed E-state index contributed by atoms with van der Waals surface area (Å²) in [5.74, 6) is 0. The summed E-state index contributed by atoms with van der Waals surface area (Å²) in [4.78, 5) is 12.9. The van der Waals surface area contributed by atoms with Crippen LogP contribution in [-0.4, -0.2) is 32.8 Å². The van der Waals surface area contributed by atoms with Gasteiger partial charge in [0.15, 0.2) is 0 Å². The molecule has 0 saturated carbocycles. The van der Waals surface area contributed by atoms with Crippen molar-refractivity contribution in [3.63, 3.8) is 0 Å². The number of carboxylic acid groups (broad SMARTS) is 1. The van der Waals surface area contributed by atoms with Crippen molar-refractivity contribution in [3.05, 3.63) is 35.4 Å². The number of benzene rings is 1. The van der Waals surface area contributed by atoms with Crippen molar-refractivity contribution in [1.29, 1.82) is 0 Å². The standard InChI is InChI=1S/C14H19NO3/c1-14(2,3)15(13(17)18)12-10-7-5-4-6-9(10)8-11(12)16/h4-7,11-12,16H,8H2,1-3H3,(H,17,18)/t11-,12-/m0/s1. The predicted molar refractivity (Wildman–Crippen MR) is 68.5 cm³/mol. The largest absolute Gasteiger partial charge is 0.465 e. The van der Waals surface area contributed by atoms with E-state index < -0.39 is 23.8 Å². The first-order chi connectivity index (χ1) is 8.32. The van der Waals surface area contributed by atoms with E-state index in [1.54, 1.807) is 0 Å². The molecule has 0 spiro atoms. The van der Waals surface area contributed by atoms with E-state index in [-0.39, 0.29) is 0 Å². The Bertz CT molecular complexity index is 464. The first-order valence-corrected chi connectivity index (χ1v) is 6.10. The highest BCUT2D eigenvalue weighted by molar-refractivity contribution is 5.67. The fraction of sp³-hybridized carbons (Fsp3) is 0.500. The van der Waals surface area contributed by atoms with E-state index in [4.69, 9.17) is 0 Å². The van der Waals surface area contributed by atoms with Crippen LogP contribution < -0.4 is 0 Å². The molecule has 98 valence electrons. The van der Waals surface area contributed by atoms with Gasteiger partial charge in [0.1, 0.15) is 0 Å². The summed E-state index contributed by atoms with van der Waals surface area (Å²) in [5.41, 5.74) is 1.40. The summed E-state index contributed by atoms with van der Waals surface area (Å²) >= 11 is 0. The van der Waals surface area contributed by atoms with Crippen molar-refractivity contribution in [2.24, 2.45) is 0 Å². The van der Waals surface area contributed by atoms with Gasteiger partial charge in [-0.05, 0) is 31.9 Å². The monoisotopic (exact) mass is 249 g/mol. The van der Waals surface area contributed by atoms with Crippen LogP contribution in [0.25, 0.3) is 0 Å². The predicted octanol–water partition coefficient (Wildman–Crippen LogP) is 2.42. The summed E-state index contributed by atoms with van der Waals surface area (Å²) in [7, 11) is 0. The van der Waals surface area contributed by atoms with Crippen molar-refractivity contribution >= 4 is 6.09 Å². The average molecular weight is 249 g/mol. The van der Waals surface area contributed by atoms with E-state index in [9.17, 15) is 15.0 Å². The molecule has 0 fully saturated rings. The maximum absolute atomic E-state index is 11.5. The summed E-state index contributed by atoms with van der Waals surface area (Å²) in [6.45, 7) is 5.53. The molecule has 2 rings (SSSR count). The van der Waals surface area contributed by atoms with Crippen LogP contribution in [0.5, 0.6) is 0 Å². The lowest BCUT2D eigenvalue weighted by Crippen LogP contribution is -2.49. The maximum Gasteiger partial charge on any atom is 0.408 e. The molecule has 0 saturated heterocycles. The molecule has 0 unspecified atom stereocenters. The highest BCUT2D eigenvalue weighted by Crippen LogP contribution is 2.39. The molecule has 1 aliphatic carbocycles. The van der Waals surface area contributed by atoms with Crippen molar-refractivity contribution in [1.82, 2.24) is 4.90 Å². The Balaban J connectivity index is 2.46. The van der Waals surface area contributed by atoms with Gasteiger partial charge in [0.2, 0.25) is 0 Å².